The standard InChI is InChI=1S/C17H17N3O2S/c1-10-5-3-4-6-12(10)9-19-17(21)13-14(20-22-16(13)18)15-11(2)7-8-23-15/h3-8H,9,18H2,1-2H3,(H,19,21). The number of nitrogens with two attached hydrogens (primary N) is 1. The Morgan fingerprint density at radius 2 is 2.04 bits per heavy atom. The van der Waals surface area contributed by atoms with E-state index >= 15 is 0 Å². The summed E-state index contributed by atoms with van der Waals surface area (Å²) in [5.41, 5.74) is 9.83. The molecule has 23 heavy (non-hydrogen) atoms. The predicted molar refractivity (Wildman–Crippen MR) is 91.3 cm³/mol. The fourth-order valence-corrected chi connectivity index (χ4v) is 3.28. The van der Waals surface area contributed by atoms with Gasteiger partial charge in [-0.3, -0.25) is 4.79 Å². The van der Waals surface area contributed by atoms with E-state index in [0.29, 0.717) is 17.8 Å². The Morgan fingerprint density at radius 3 is 2.74 bits per heavy atom. The molecule has 3 N–H and O–H groups in total. The zero-order chi connectivity index (χ0) is 16.4. The Labute approximate surface area is 138 Å². The van der Waals surface area contributed by atoms with Gasteiger partial charge in [0.1, 0.15) is 11.3 Å². The van der Waals surface area contributed by atoms with Crippen LogP contribution in [0.3, 0.4) is 0 Å². The van der Waals surface area contributed by atoms with Crippen LogP contribution in [0, 0.1) is 13.8 Å². The van der Waals surface area contributed by atoms with Crippen molar-refractivity contribution in [3.63, 3.8) is 0 Å². The second-order valence-electron chi connectivity index (χ2n) is 5.31. The van der Waals surface area contributed by atoms with Gasteiger partial charge in [-0.2, -0.15) is 0 Å². The molecule has 3 rings (SSSR count). The van der Waals surface area contributed by atoms with E-state index in [-0.39, 0.29) is 11.8 Å². The minimum atomic E-state index is -0.283. The Bertz CT molecular complexity index is 851. The number of nitrogens with zero attached hydrogens (tertiary/aromatic N) is 1. The van der Waals surface area contributed by atoms with Crippen LogP contribution >= 0.6 is 11.3 Å². The van der Waals surface area contributed by atoms with Crippen LogP contribution in [0.15, 0.2) is 40.2 Å². The Morgan fingerprint density at radius 1 is 1.26 bits per heavy atom. The summed E-state index contributed by atoms with van der Waals surface area (Å²) in [6, 6.07) is 9.88. The monoisotopic (exact) mass is 327 g/mol. The second kappa shape index (κ2) is 6.26. The Hall–Kier alpha value is -2.60. The molecule has 3 aromatic rings. The van der Waals surface area contributed by atoms with Gasteiger partial charge in [0.25, 0.3) is 5.91 Å². The van der Waals surface area contributed by atoms with Crippen molar-refractivity contribution in [3.8, 4) is 10.6 Å². The summed E-state index contributed by atoms with van der Waals surface area (Å²) < 4.78 is 5.04. The molecule has 0 radical (unpaired) electrons. The number of nitrogen functional groups attached to an aromatic ring is 1. The Kier molecular flexibility index (Phi) is 4.16. The van der Waals surface area contributed by atoms with Gasteiger partial charge in [-0.25, -0.2) is 0 Å². The molecule has 0 unspecified atom stereocenters. The normalized spacial score (nSPS) is 10.7. The van der Waals surface area contributed by atoms with E-state index in [1.807, 2.05) is 49.6 Å². The molecular formula is C17H17N3O2S. The van der Waals surface area contributed by atoms with Crippen LogP contribution in [0.2, 0.25) is 0 Å². The highest BCUT2D eigenvalue weighted by Gasteiger charge is 2.24. The van der Waals surface area contributed by atoms with Crippen molar-refractivity contribution >= 4 is 23.1 Å². The van der Waals surface area contributed by atoms with E-state index < -0.39 is 0 Å². The number of nitrogens with one attached hydrogen (secondary N) is 1. The van der Waals surface area contributed by atoms with Crippen LogP contribution in [0.5, 0.6) is 0 Å². The Balaban J connectivity index is 1.85. The number of aryl methyl sites for hydroxylation is 2. The van der Waals surface area contributed by atoms with Gasteiger partial charge >= 0.3 is 0 Å². The third kappa shape index (κ3) is 2.98. The maximum Gasteiger partial charge on any atom is 0.259 e. The summed E-state index contributed by atoms with van der Waals surface area (Å²) in [6.45, 7) is 4.40. The van der Waals surface area contributed by atoms with E-state index in [1.54, 1.807) is 0 Å². The maximum absolute atomic E-state index is 12.6. The molecule has 0 aliphatic carbocycles. The molecule has 2 heterocycles. The lowest BCUT2D eigenvalue weighted by atomic mass is 10.1. The lowest BCUT2D eigenvalue weighted by molar-refractivity contribution is 0.0952. The summed E-state index contributed by atoms with van der Waals surface area (Å²) in [6.07, 6.45) is 0. The molecule has 6 heteroatoms. The van der Waals surface area contributed by atoms with Crippen LogP contribution in [0.1, 0.15) is 27.0 Å². The van der Waals surface area contributed by atoms with Crippen molar-refractivity contribution in [2.45, 2.75) is 20.4 Å². The number of thiophene rings is 1. The van der Waals surface area contributed by atoms with Gasteiger partial charge in [0, 0.05) is 6.54 Å². The van der Waals surface area contributed by atoms with E-state index in [1.165, 1.54) is 11.3 Å². The molecule has 0 saturated heterocycles. The van der Waals surface area contributed by atoms with Crippen LogP contribution < -0.4 is 11.1 Å². The van der Waals surface area contributed by atoms with Crippen LogP contribution in [-0.2, 0) is 6.54 Å². The van der Waals surface area contributed by atoms with Gasteiger partial charge in [-0.15, -0.1) is 11.3 Å². The van der Waals surface area contributed by atoms with E-state index in [4.69, 9.17) is 10.3 Å². The number of aromatic nitrogens is 1. The minimum Gasteiger partial charge on any atom is -0.367 e. The number of carbonyl (C=O) groups is 1. The largest absolute Gasteiger partial charge is 0.367 e. The lowest BCUT2D eigenvalue weighted by Gasteiger charge is -2.08. The number of hydrogen-bond donors (Lipinski definition) is 2. The molecule has 0 spiro atoms. The molecule has 118 valence electrons. The summed E-state index contributed by atoms with van der Waals surface area (Å²) in [5, 5.41) is 8.80. The van der Waals surface area contributed by atoms with Gasteiger partial charge in [0.2, 0.25) is 5.88 Å². The molecule has 0 bridgehead atoms. The molecule has 0 aliphatic heterocycles. The third-order valence-corrected chi connectivity index (χ3v) is 4.75. The predicted octanol–water partition coefficient (Wildman–Crippen LogP) is 3.53. The first-order valence-electron chi connectivity index (χ1n) is 7.20. The van der Waals surface area contributed by atoms with Gasteiger partial charge in [-0.05, 0) is 42.0 Å². The van der Waals surface area contributed by atoms with Crippen molar-refractivity contribution in [2.24, 2.45) is 0 Å². The van der Waals surface area contributed by atoms with Crippen LogP contribution in [-0.4, -0.2) is 11.1 Å². The van der Waals surface area contributed by atoms with E-state index in [9.17, 15) is 4.79 Å². The van der Waals surface area contributed by atoms with Crippen molar-refractivity contribution in [2.75, 3.05) is 5.73 Å². The van der Waals surface area contributed by atoms with Crippen molar-refractivity contribution in [1.82, 2.24) is 10.5 Å². The topological polar surface area (TPSA) is 81.2 Å². The lowest BCUT2D eigenvalue weighted by Crippen LogP contribution is -2.24. The molecule has 0 fully saturated rings. The van der Waals surface area contributed by atoms with Gasteiger partial charge in [0.15, 0.2) is 0 Å². The fraction of sp³-hybridized carbons (Fsp3) is 0.176. The van der Waals surface area contributed by atoms with Gasteiger partial charge in [0.05, 0.1) is 4.88 Å². The highest BCUT2D eigenvalue weighted by atomic mass is 32.1. The second-order valence-corrected chi connectivity index (χ2v) is 6.23. The molecular weight excluding hydrogens is 310 g/mol. The molecule has 5 nitrogen and oxygen atoms in total. The maximum atomic E-state index is 12.6. The van der Waals surface area contributed by atoms with Gasteiger partial charge < -0.3 is 15.6 Å². The number of rotatable bonds is 4. The molecule has 1 aromatic carbocycles. The fourth-order valence-electron chi connectivity index (χ4n) is 2.36. The first-order valence-corrected chi connectivity index (χ1v) is 8.08. The highest BCUT2D eigenvalue weighted by Crippen LogP contribution is 2.33. The molecule has 1 amide bonds. The summed E-state index contributed by atoms with van der Waals surface area (Å²) in [5.74, 6) is -0.245. The zero-order valence-corrected chi connectivity index (χ0v) is 13.7. The zero-order valence-electron chi connectivity index (χ0n) is 12.9. The summed E-state index contributed by atoms with van der Waals surface area (Å²) >= 11 is 1.51. The third-order valence-electron chi connectivity index (χ3n) is 3.72. The van der Waals surface area contributed by atoms with Crippen molar-refractivity contribution in [3.05, 3.63) is 58.0 Å². The van der Waals surface area contributed by atoms with Gasteiger partial charge in [-0.1, -0.05) is 29.4 Å². The number of hydrogen-bond acceptors (Lipinski definition) is 5. The first-order chi connectivity index (χ1) is 11.1. The molecule has 0 saturated carbocycles. The average molecular weight is 327 g/mol. The number of anilines is 1. The SMILES string of the molecule is Cc1ccccc1CNC(=O)c1c(-c2sccc2C)noc1N. The highest BCUT2D eigenvalue weighted by molar-refractivity contribution is 7.13. The summed E-state index contributed by atoms with van der Waals surface area (Å²) in [4.78, 5) is 13.4. The first kappa shape index (κ1) is 15.3. The molecule has 0 aliphatic rings. The van der Waals surface area contributed by atoms with E-state index in [2.05, 4.69) is 10.5 Å². The van der Waals surface area contributed by atoms with Crippen molar-refractivity contribution < 1.29 is 9.32 Å². The quantitative estimate of drug-likeness (QED) is 0.768. The number of carbonyl (C=O) groups excluding carboxylic acids is 1. The average Bonchev–Trinajstić information content (AvgIpc) is 3.11. The molecule has 0 atom stereocenters. The smallest absolute Gasteiger partial charge is 0.259 e. The van der Waals surface area contributed by atoms with Crippen LogP contribution in [0.4, 0.5) is 5.88 Å². The molecule has 2 aromatic heterocycles. The summed E-state index contributed by atoms with van der Waals surface area (Å²) in [7, 11) is 0. The van der Waals surface area contributed by atoms with E-state index in [0.717, 1.165) is 21.6 Å². The van der Waals surface area contributed by atoms with Crippen molar-refractivity contribution in [1.29, 1.82) is 0 Å². The number of amides is 1. The van der Waals surface area contributed by atoms with Crippen LogP contribution in [0.25, 0.3) is 10.6 Å². The minimum absolute atomic E-state index is 0.0371. The number of benzene rings is 1.